The van der Waals surface area contributed by atoms with Gasteiger partial charge in [-0.05, 0) is 42.3 Å². The van der Waals surface area contributed by atoms with E-state index in [1.54, 1.807) is 42.7 Å². The Morgan fingerprint density at radius 3 is 2.50 bits per heavy atom. The number of carbonyl (C=O) groups is 2. The molecule has 154 valence electrons. The normalized spacial score (nSPS) is 11.4. The molecule has 1 unspecified atom stereocenters. The molecular weight excluding hydrogens is 380 g/mol. The van der Waals surface area contributed by atoms with E-state index < -0.39 is 6.09 Å². The Morgan fingerprint density at radius 1 is 1.03 bits per heavy atom. The number of nitrogens with one attached hydrogen (secondary N) is 2. The second kappa shape index (κ2) is 10.1. The number of rotatable bonds is 7. The van der Waals surface area contributed by atoms with E-state index in [2.05, 4.69) is 15.6 Å². The summed E-state index contributed by atoms with van der Waals surface area (Å²) in [5.41, 5.74) is 9.68. The van der Waals surface area contributed by atoms with Gasteiger partial charge < -0.3 is 21.1 Å². The minimum absolute atomic E-state index is 0.156. The van der Waals surface area contributed by atoms with E-state index in [-0.39, 0.29) is 18.6 Å². The summed E-state index contributed by atoms with van der Waals surface area (Å²) < 4.78 is 5.14. The van der Waals surface area contributed by atoms with Crippen molar-refractivity contribution < 1.29 is 14.3 Å². The van der Waals surface area contributed by atoms with Crippen molar-refractivity contribution in [2.45, 2.75) is 26.1 Å². The van der Waals surface area contributed by atoms with E-state index in [0.717, 1.165) is 16.7 Å². The second-order valence-corrected chi connectivity index (χ2v) is 6.81. The van der Waals surface area contributed by atoms with Crippen LogP contribution in [0.15, 0.2) is 73.1 Å². The van der Waals surface area contributed by atoms with Crippen LogP contribution in [0.2, 0.25) is 0 Å². The van der Waals surface area contributed by atoms with Crippen molar-refractivity contribution in [1.29, 1.82) is 0 Å². The summed E-state index contributed by atoms with van der Waals surface area (Å²) >= 11 is 0. The number of hydrogen-bond acceptors (Lipinski definition) is 5. The quantitative estimate of drug-likeness (QED) is 0.522. The highest BCUT2D eigenvalue weighted by atomic mass is 16.5. The molecule has 0 aliphatic carbocycles. The Hall–Kier alpha value is -3.87. The van der Waals surface area contributed by atoms with Gasteiger partial charge in [0.1, 0.15) is 6.61 Å². The second-order valence-electron chi connectivity index (χ2n) is 6.81. The standard InChI is InChI=1S/C23H24N4O3/c1-16(20-6-2-3-7-21(20)24)27-22(28)19-10-8-17(9-11-19)14-26-23(29)30-15-18-5-4-12-25-13-18/h2-13,16H,14-15,24H2,1H3,(H,26,29)(H,27,28). The Morgan fingerprint density at radius 2 is 1.80 bits per heavy atom. The number of carbonyl (C=O) groups excluding carboxylic acids is 2. The highest BCUT2D eigenvalue weighted by Crippen LogP contribution is 2.19. The predicted octanol–water partition coefficient (Wildman–Crippen LogP) is 3.58. The van der Waals surface area contributed by atoms with Gasteiger partial charge in [-0.15, -0.1) is 0 Å². The molecule has 4 N–H and O–H groups in total. The average Bonchev–Trinajstić information content (AvgIpc) is 2.77. The fraction of sp³-hybridized carbons (Fsp3) is 0.174. The number of alkyl carbamates (subject to hydrolysis) is 1. The third-order valence-electron chi connectivity index (χ3n) is 4.56. The Balaban J connectivity index is 1.47. The maximum absolute atomic E-state index is 12.5. The molecule has 0 bridgehead atoms. The summed E-state index contributed by atoms with van der Waals surface area (Å²) in [6.07, 6.45) is 2.78. The van der Waals surface area contributed by atoms with Crippen LogP contribution in [0.4, 0.5) is 10.5 Å². The van der Waals surface area contributed by atoms with Gasteiger partial charge in [-0.1, -0.05) is 36.4 Å². The van der Waals surface area contributed by atoms with Gasteiger partial charge in [0, 0.05) is 35.8 Å². The van der Waals surface area contributed by atoms with E-state index in [4.69, 9.17) is 10.5 Å². The molecule has 1 atom stereocenters. The van der Waals surface area contributed by atoms with Crippen LogP contribution in [-0.4, -0.2) is 17.0 Å². The number of ether oxygens (including phenoxy) is 1. The molecule has 0 aliphatic heterocycles. The highest BCUT2D eigenvalue weighted by molar-refractivity contribution is 5.94. The molecule has 0 spiro atoms. The molecule has 2 aromatic carbocycles. The van der Waals surface area contributed by atoms with Crippen molar-refractivity contribution in [2.24, 2.45) is 0 Å². The summed E-state index contributed by atoms with van der Waals surface area (Å²) in [5.74, 6) is -0.193. The SMILES string of the molecule is CC(NC(=O)c1ccc(CNC(=O)OCc2cccnc2)cc1)c1ccccc1N. The summed E-state index contributed by atoms with van der Waals surface area (Å²) in [4.78, 5) is 28.3. The number of nitrogens with two attached hydrogens (primary N) is 1. The zero-order valence-corrected chi connectivity index (χ0v) is 16.7. The van der Waals surface area contributed by atoms with Gasteiger partial charge in [-0.3, -0.25) is 9.78 Å². The third-order valence-corrected chi connectivity index (χ3v) is 4.56. The first-order valence-electron chi connectivity index (χ1n) is 9.56. The van der Waals surface area contributed by atoms with Gasteiger partial charge >= 0.3 is 6.09 Å². The number of amides is 2. The monoisotopic (exact) mass is 404 g/mol. The van der Waals surface area contributed by atoms with Crippen molar-refractivity contribution in [2.75, 3.05) is 5.73 Å². The molecule has 0 saturated carbocycles. The molecule has 2 amide bonds. The Labute approximate surface area is 175 Å². The molecule has 7 heteroatoms. The molecule has 0 fully saturated rings. The number of anilines is 1. The molecule has 3 rings (SSSR count). The molecule has 7 nitrogen and oxygen atoms in total. The number of nitrogen functional groups attached to an aromatic ring is 1. The number of aromatic nitrogens is 1. The van der Waals surface area contributed by atoms with E-state index in [9.17, 15) is 9.59 Å². The smallest absolute Gasteiger partial charge is 0.407 e. The van der Waals surface area contributed by atoms with Crippen LogP contribution in [0.3, 0.4) is 0 Å². The lowest BCUT2D eigenvalue weighted by Gasteiger charge is -2.16. The molecule has 1 aromatic heterocycles. The van der Waals surface area contributed by atoms with Crippen molar-refractivity contribution in [1.82, 2.24) is 15.6 Å². The van der Waals surface area contributed by atoms with Gasteiger partial charge in [0.05, 0.1) is 6.04 Å². The summed E-state index contributed by atoms with van der Waals surface area (Å²) in [6.45, 7) is 2.34. The number of nitrogens with zero attached hydrogens (tertiary/aromatic N) is 1. The van der Waals surface area contributed by atoms with Crippen LogP contribution in [0.25, 0.3) is 0 Å². The molecular formula is C23H24N4O3. The minimum atomic E-state index is -0.519. The zero-order valence-electron chi connectivity index (χ0n) is 16.7. The molecule has 3 aromatic rings. The van der Waals surface area contributed by atoms with E-state index >= 15 is 0 Å². The number of benzene rings is 2. The fourth-order valence-electron chi connectivity index (χ4n) is 2.89. The largest absolute Gasteiger partial charge is 0.445 e. The predicted molar refractivity (Wildman–Crippen MR) is 114 cm³/mol. The van der Waals surface area contributed by atoms with Crippen molar-refractivity contribution in [3.05, 3.63) is 95.3 Å². The van der Waals surface area contributed by atoms with E-state index in [0.29, 0.717) is 17.8 Å². The maximum atomic E-state index is 12.5. The first-order chi connectivity index (χ1) is 14.5. The van der Waals surface area contributed by atoms with Gasteiger partial charge in [-0.2, -0.15) is 0 Å². The van der Waals surface area contributed by atoms with Crippen LogP contribution >= 0.6 is 0 Å². The number of hydrogen-bond donors (Lipinski definition) is 3. The summed E-state index contributed by atoms with van der Waals surface area (Å²) in [7, 11) is 0. The first kappa shape index (κ1) is 20.9. The maximum Gasteiger partial charge on any atom is 0.407 e. The lowest BCUT2D eigenvalue weighted by Crippen LogP contribution is -2.27. The molecule has 30 heavy (non-hydrogen) atoms. The van der Waals surface area contributed by atoms with Crippen molar-refractivity contribution in [3.8, 4) is 0 Å². The number of pyridine rings is 1. The van der Waals surface area contributed by atoms with Crippen LogP contribution in [0.5, 0.6) is 0 Å². The van der Waals surface area contributed by atoms with Crippen molar-refractivity contribution >= 4 is 17.7 Å². The van der Waals surface area contributed by atoms with E-state index in [1.165, 1.54) is 0 Å². The van der Waals surface area contributed by atoms with Crippen molar-refractivity contribution in [3.63, 3.8) is 0 Å². The number of para-hydroxylation sites is 1. The fourth-order valence-corrected chi connectivity index (χ4v) is 2.89. The highest BCUT2D eigenvalue weighted by Gasteiger charge is 2.13. The lowest BCUT2D eigenvalue weighted by molar-refractivity contribution is 0.0940. The van der Waals surface area contributed by atoms with Gasteiger partial charge in [0.15, 0.2) is 0 Å². The van der Waals surface area contributed by atoms with Crippen LogP contribution in [0.1, 0.15) is 40.0 Å². The molecule has 1 heterocycles. The molecule has 0 radical (unpaired) electrons. The summed E-state index contributed by atoms with van der Waals surface area (Å²) in [5, 5.41) is 5.62. The van der Waals surface area contributed by atoms with Crippen LogP contribution in [-0.2, 0) is 17.9 Å². The van der Waals surface area contributed by atoms with Gasteiger partial charge in [-0.25, -0.2) is 4.79 Å². The lowest BCUT2D eigenvalue weighted by atomic mass is 10.1. The molecule has 0 aliphatic rings. The van der Waals surface area contributed by atoms with Gasteiger partial charge in [0.2, 0.25) is 0 Å². The minimum Gasteiger partial charge on any atom is -0.445 e. The topological polar surface area (TPSA) is 106 Å². The molecule has 0 saturated heterocycles. The van der Waals surface area contributed by atoms with Gasteiger partial charge in [0.25, 0.3) is 5.91 Å². The Kier molecular flexibility index (Phi) is 7.00. The Bertz CT molecular complexity index is 991. The van der Waals surface area contributed by atoms with Crippen LogP contribution < -0.4 is 16.4 Å². The third kappa shape index (κ3) is 5.81. The summed E-state index contributed by atoms with van der Waals surface area (Å²) in [6, 6.07) is 17.9. The average molecular weight is 404 g/mol. The first-order valence-corrected chi connectivity index (χ1v) is 9.56. The zero-order chi connectivity index (χ0) is 21.3. The van der Waals surface area contributed by atoms with Crippen LogP contribution in [0, 0.1) is 0 Å². The van der Waals surface area contributed by atoms with E-state index in [1.807, 2.05) is 37.3 Å².